The first-order chi connectivity index (χ1) is 9.59. The normalized spacial score (nSPS) is 12.4. The lowest BCUT2D eigenvalue weighted by Crippen LogP contribution is -2.07. The van der Waals surface area contributed by atoms with E-state index in [1.807, 2.05) is 0 Å². The second-order valence-electron chi connectivity index (χ2n) is 4.49. The van der Waals surface area contributed by atoms with Gasteiger partial charge < -0.3 is 0 Å². The Morgan fingerprint density at radius 2 is 1.52 bits per heavy atom. The molecule has 0 saturated heterocycles. The molecule has 112 valence electrons. The van der Waals surface area contributed by atoms with Crippen LogP contribution in [0.1, 0.15) is 5.56 Å². The van der Waals surface area contributed by atoms with Gasteiger partial charge in [0.15, 0.2) is 9.84 Å². The summed E-state index contributed by atoms with van der Waals surface area (Å²) in [6, 6.07) is 6.96. The zero-order valence-electron chi connectivity index (χ0n) is 10.8. The van der Waals surface area contributed by atoms with Gasteiger partial charge in [-0.05, 0) is 35.9 Å². The Balaban J connectivity index is 2.73. The zero-order chi connectivity index (χ0) is 15.8. The quantitative estimate of drug-likeness (QED) is 0.787. The molecular formula is C14H10F4O2S. The van der Waals surface area contributed by atoms with Crippen LogP contribution in [0.4, 0.5) is 17.6 Å². The predicted octanol–water partition coefficient (Wildman–Crippen LogP) is 3.92. The van der Waals surface area contributed by atoms with Crippen LogP contribution < -0.4 is 0 Å². The van der Waals surface area contributed by atoms with Crippen LogP contribution in [0.5, 0.6) is 0 Å². The molecule has 0 saturated carbocycles. The first-order valence-corrected chi connectivity index (χ1v) is 7.65. The third-order valence-corrected chi connectivity index (χ3v) is 4.02. The second-order valence-corrected chi connectivity index (χ2v) is 6.47. The van der Waals surface area contributed by atoms with Crippen molar-refractivity contribution < 1.29 is 26.0 Å². The van der Waals surface area contributed by atoms with Gasteiger partial charge in [0.05, 0.1) is 10.5 Å². The predicted molar refractivity (Wildman–Crippen MR) is 69.9 cm³/mol. The highest BCUT2D eigenvalue weighted by molar-refractivity contribution is 7.90. The van der Waals surface area contributed by atoms with Crippen LogP contribution in [0.3, 0.4) is 0 Å². The maximum Gasteiger partial charge on any atom is 0.416 e. The van der Waals surface area contributed by atoms with E-state index in [0.29, 0.717) is 6.07 Å². The molecule has 2 rings (SSSR count). The van der Waals surface area contributed by atoms with Crippen molar-refractivity contribution in [1.29, 1.82) is 0 Å². The first-order valence-electron chi connectivity index (χ1n) is 5.76. The Morgan fingerprint density at radius 3 is 2.00 bits per heavy atom. The van der Waals surface area contributed by atoms with Crippen LogP contribution in [0.25, 0.3) is 11.1 Å². The Kier molecular flexibility index (Phi) is 3.79. The van der Waals surface area contributed by atoms with Gasteiger partial charge in [-0.1, -0.05) is 12.1 Å². The number of benzene rings is 2. The molecule has 0 fully saturated rings. The maximum absolute atomic E-state index is 12.9. The van der Waals surface area contributed by atoms with Crippen molar-refractivity contribution in [3.8, 4) is 11.1 Å². The van der Waals surface area contributed by atoms with Gasteiger partial charge in [0.2, 0.25) is 0 Å². The monoisotopic (exact) mass is 318 g/mol. The van der Waals surface area contributed by atoms with Gasteiger partial charge in [0.25, 0.3) is 0 Å². The van der Waals surface area contributed by atoms with Gasteiger partial charge in [-0.3, -0.25) is 0 Å². The van der Waals surface area contributed by atoms with Gasteiger partial charge in [-0.25, -0.2) is 12.8 Å². The third kappa shape index (κ3) is 3.41. The molecule has 0 heterocycles. The highest BCUT2D eigenvalue weighted by atomic mass is 32.2. The van der Waals surface area contributed by atoms with Crippen LogP contribution in [0.15, 0.2) is 47.4 Å². The van der Waals surface area contributed by atoms with Gasteiger partial charge in [-0.15, -0.1) is 0 Å². The number of sulfone groups is 1. The largest absolute Gasteiger partial charge is 0.416 e. The summed E-state index contributed by atoms with van der Waals surface area (Å²) in [4.78, 5) is -0.234. The number of halogens is 4. The zero-order valence-corrected chi connectivity index (χ0v) is 11.6. The fourth-order valence-corrected chi connectivity index (χ4v) is 2.78. The van der Waals surface area contributed by atoms with Crippen molar-refractivity contribution in [2.24, 2.45) is 0 Å². The minimum Gasteiger partial charge on any atom is -0.224 e. The minimum absolute atomic E-state index is 0.104. The van der Waals surface area contributed by atoms with Crippen molar-refractivity contribution in [2.45, 2.75) is 11.1 Å². The van der Waals surface area contributed by atoms with E-state index < -0.39 is 27.4 Å². The fourth-order valence-electron chi connectivity index (χ4n) is 1.88. The summed E-state index contributed by atoms with van der Waals surface area (Å²) >= 11 is 0. The Morgan fingerprint density at radius 1 is 0.952 bits per heavy atom. The second kappa shape index (κ2) is 5.14. The Bertz CT molecular complexity index is 763. The van der Waals surface area contributed by atoms with E-state index in [1.165, 1.54) is 12.1 Å². The molecular weight excluding hydrogens is 308 g/mol. The maximum atomic E-state index is 12.9. The van der Waals surface area contributed by atoms with E-state index in [1.54, 1.807) is 0 Å². The summed E-state index contributed by atoms with van der Waals surface area (Å²) in [5.74, 6) is -0.563. The van der Waals surface area contributed by atoms with Crippen molar-refractivity contribution in [2.75, 3.05) is 6.26 Å². The summed E-state index contributed by atoms with van der Waals surface area (Å²) in [5.41, 5.74) is -0.871. The SMILES string of the molecule is CS(=O)(=O)c1ccc(C(F)(F)F)cc1-c1ccc(F)cc1. The summed E-state index contributed by atoms with van der Waals surface area (Å²) < 4.78 is 74.6. The van der Waals surface area contributed by atoms with Crippen LogP contribution in [-0.2, 0) is 16.0 Å². The molecule has 2 aromatic rings. The molecule has 7 heteroatoms. The molecule has 0 spiro atoms. The van der Waals surface area contributed by atoms with Gasteiger partial charge in [0.1, 0.15) is 5.82 Å². The number of alkyl halides is 3. The smallest absolute Gasteiger partial charge is 0.224 e. The minimum atomic E-state index is -4.59. The topological polar surface area (TPSA) is 34.1 Å². The van der Waals surface area contributed by atoms with E-state index >= 15 is 0 Å². The average Bonchev–Trinajstić information content (AvgIpc) is 2.37. The number of hydrogen-bond acceptors (Lipinski definition) is 2. The molecule has 0 radical (unpaired) electrons. The molecule has 2 aromatic carbocycles. The Hall–Kier alpha value is -1.89. The van der Waals surface area contributed by atoms with E-state index in [-0.39, 0.29) is 16.0 Å². The van der Waals surface area contributed by atoms with Crippen molar-refractivity contribution in [3.05, 3.63) is 53.8 Å². The summed E-state index contributed by atoms with van der Waals surface area (Å²) in [7, 11) is -3.72. The van der Waals surface area contributed by atoms with E-state index in [9.17, 15) is 26.0 Å². The molecule has 0 aliphatic carbocycles. The summed E-state index contributed by atoms with van der Waals surface area (Å²) in [5, 5.41) is 0. The summed E-state index contributed by atoms with van der Waals surface area (Å²) in [6.07, 6.45) is -3.69. The molecule has 0 amide bonds. The lowest BCUT2D eigenvalue weighted by molar-refractivity contribution is -0.137. The van der Waals surface area contributed by atoms with Gasteiger partial charge in [-0.2, -0.15) is 13.2 Å². The van der Waals surface area contributed by atoms with E-state index in [2.05, 4.69) is 0 Å². The average molecular weight is 318 g/mol. The lowest BCUT2D eigenvalue weighted by atomic mass is 10.0. The molecule has 0 bridgehead atoms. The molecule has 21 heavy (non-hydrogen) atoms. The van der Waals surface area contributed by atoms with Gasteiger partial charge in [0, 0.05) is 11.8 Å². The van der Waals surface area contributed by atoms with Crippen LogP contribution in [0, 0.1) is 5.82 Å². The van der Waals surface area contributed by atoms with Crippen molar-refractivity contribution >= 4 is 9.84 Å². The van der Waals surface area contributed by atoms with E-state index in [4.69, 9.17) is 0 Å². The third-order valence-electron chi connectivity index (χ3n) is 2.86. The van der Waals surface area contributed by atoms with Crippen LogP contribution in [-0.4, -0.2) is 14.7 Å². The molecule has 0 aromatic heterocycles. The molecule has 2 nitrogen and oxygen atoms in total. The van der Waals surface area contributed by atoms with Crippen molar-refractivity contribution in [1.82, 2.24) is 0 Å². The lowest BCUT2D eigenvalue weighted by Gasteiger charge is -2.13. The van der Waals surface area contributed by atoms with Crippen LogP contribution in [0.2, 0.25) is 0 Å². The standard InChI is InChI=1S/C14H10F4O2S/c1-21(19,20)13-7-4-10(14(16,17)18)8-12(13)9-2-5-11(15)6-3-9/h2-8H,1H3. The highest BCUT2D eigenvalue weighted by Crippen LogP contribution is 2.35. The van der Waals surface area contributed by atoms with Gasteiger partial charge >= 0.3 is 6.18 Å². The van der Waals surface area contributed by atoms with Crippen LogP contribution >= 0.6 is 0 Å². The van der Waals surface area contributed by atoms with E-state index in [0.717, 1.165) is 30.5 Å². The molecule has 0 aliphatic rings. The number of rotatable bonds is 2. The summed E-state index contributed by atoms with van der Waals surface area (Å²) in [6.45, 7) is 0. The fraction of sp³-hybridized carbons (Fsp3) is 0.143. The Labute approximate surface area is 119 Å². The van der Waals surface area contributed by atoms with Crippen molar-refractivity contribution in [3.63, 3.8) is 0 Å². The highest BCUT2D eigenvalue weighted by Gasteiger charge is 2.32. The number of hydrogen-bond donors (Lipinski definition) is 0. The molecule has 0 aliphatic heterocycles. The molecule has 0 atom stereocenters. The molecule has 0 N–H and O–H groups in total. The first kappa shape index (κ1) is 15.5. The molecule has 0 unspecified atom stereocenters.